The molecule has 42 heavy (non-hydrogen) atoms. The van der Waals surface area contributed by atoms with E-state index in [1.165, 1.54) is 12.1 Å². The molecule has 1 aliphatic rings. The second kappa shape index (κ2) is 12.5. The van der Waals surface area contributed by atoms with Crippen molar-refractivity contribution < 1.29 is 9.59 Å². The highest BCUT2D eigenvalue weighted by atomic mass is 35.5. The summed E-state index contributed by atoms with van der Waals surface area (Å²) in [4.78, 5) is 30.8. The van der Waals surface area contributed by atoms with Gasteiger partial charge in [0.05, 0.1) is 22.2 Å². The topological polar surface area (TPSA) is 70.6 Å². The number of amides is 2. The number of halogens is 6. The summed E-state index contributed by atoms with van der Waals surface area (Å²) in [6.07, 6.45) is 1.73. The zero-order chi connectivity index (χ0) is 30.2. The lowest BCUT2D eigenvalue weighted by atomic mass is 10.1. The first-order chi connectivity index (χ1) is 19.9. The smallest absolute Gasteiger partial charge is 0.257 e. The molecule has 0 radical (unpaired) electrons. The first-order valence-electron chi connectivity index (χ1n) is 12.6. The van der Waals surface area contributed by atoms with E-state index in [2.05, 4.69) is 15.6 Å². The van der Waals surface area contributed by atoms with Gasteiger partial charge in [-0.25, -0.2) is 0 Å². The van der Waals surface area contributed by atoms with E-state index in [-0.39, 0.29) is 10.6 Å². The zero-order valence-electron chi connectivity index (χ0n) is 21.8. The Bertz CT molecular complexity index is 1700. The molecule has 5 nitrogen and oxygen atoms in total. The van der Waals surface area contributed by atoms with E-state index >= 15 is 0 Å². The largest absolute Gasteiger partial charge is 0.326 e. The summed E-state index contributed by atoms with van der Waals surface area (Å²) in [6.45, 7) is 1.86. The van der Waals surface area contributed by atoms with E-state index in [0.717, 1.165) is 16.8 Å². The number of anilines is 2. The normalized spacial score (nSPS) is 17.2. The van der Waals surface area contributed by atoms with Gasteiger partial charge in [-0.1, -0.05) is 58.5 Å². The molecule has 1 saturated carbocycles. The Morgan fingerprint density at radius 3 is 2.17 bits per heavy atom. The molecule has 11 heteroatoms. The molecule has 2 atom stereocenters. The number of rotatable bonds is 7. The van der Waals surface area contributed by atoms with Crippen molar-refractivity contribution in [3.05, 3.63) is 121 Å². The van der Waals surface area contributed by atoms with E-state index < -0.39 is 28.0 Å². The minimum absolute atomic E-state index is 0.177. The zero-order valence-corrected chi connectivity index (χ0v) is 26.3. The van der Waals surface area contributed by atoms with Crippen LogP contribution < -0.4 is 10.6 Å². The minimum Gasteiger partial charge on any atom is -0.326 e. The standard InChI is InChI=1S/C31H21Cl6N3O2/c1-16-10-22(38-15-17-2-4-19(32)5-3-17)7-9-26(16)40-29(41)24-14-23(6-8-25(24)35)39-30(42)28-27(31(28,36)37)18-11-20(33)13-21(34)12-18/h2-15,27-28H,1H3,(H,39,42)(H,40,41). The number of nitrogens with one attached hydrogen (secondary N) is 2. The number of hydrogen-bond acceptors (Lipinski definition) is 3. The Hall–Kier alpha value is -2.77. The lowest BCUT2D eigenvalue weighted by Crippen LogP contribution is -2.18. The van der Waals surface area contributed by atoms with Gasteiger partial charge in [0.25, 0.3) is 5.91 Å². The van der Waals surface area contributed by atoms with Crippen molar-refractivity contribution in [2.75, 3.05) is 10.6 Å². The van der Waals surface area contributed by atoms with Crippen LogP contribution in [0.2, 0.25) is 20.1 Å². The van der Waals surface area contributed by atoms with Gasteiger partial charge in [0.2, 0.25) is 5.91 Å². The fourth-order valence-corrected chi connectivity index (χ4v) is 6.28. The molecule has 1 fully saturated rings. The highest BCUT2D eigenvalue weighted by Gasteiger charge is 2.67. The second-order valence-electron chi connectivity index (χ2n) is 9.78. The Morgan fingerprint density at radius 1 is 0.810 bits per heavy atom. The van der Waals surface area contributed by atoms with Gasteiger partial charge in [-0.05, 0) is 90.3 Å². The molecule has 4 aromatic rings. The van der Waals surface area contributed by atoms with Crippen molar-refractivity contribution in [2.45, 2.75) is 17.2 Å². The van der Waals surface area contributed by atoms with Gasteiger partial charge in [-0.2, -0.15) is 0 Å². The molecule has 0 bridgehead atoms. The van der Waals surface area contributed by atoms with Crippen LogP contribution in [0, 0.1) is 12.8 Å². The summed E-state index contributed by atoms with van der Waals surface area (Å²) in [5, 5.41) is 7.36. The number of hydrogen-bond donors (Lipinski definition) is 2. The lowest BCUT2D eigenvalue weighted by molar-refractivity contribution is -0.117. The molecule has 2 N–H and O–H groups in total. The number of carbonyl (C=O) groups is 2. The van der Waals surface area contributed by atoms with Gasteiger partial charge in [-0.3, -0.25) is 14.6 Å². The second-order valence-corrected chi connectivity index (χ2v) is 12.9. The average molecular weight is 680 g/mol. The number of benzene rings is 4. The van der Waals surface area contributed by atoms with Crippen molar-refractivity contribution in [2.24, 2.45) is 10.9 Å². The number of nitrogens with zero attached hydrogens (tertiary/aromatic N) is 1. The predicted molar refractivity (Wildman–Crippen MR) is 175 cm³/mol. The van der Waals surface area contributed by atoms with E-state index in [4.69, 9.17) is 69.6 Å². The van der Waals surface area contributed by atoms with Crippen LogP contribution >= 0.6 is 69.6 Å². The van der Waals surface area contributed by atoms with Gasteiger partial charge in [0.1, 0.15) is 4.33 Å². The quantitative estimate of drug-likeness (QED) is 0.151. The number of aliphatic imine (C=N–C) groups is 1. The highest BCUT2D eigenvalue weighted by molar-refractivity contribution is 6.53. The Kier molecular flexibility index (Phi) is 9.10. The Labute approximate surface area is 272 Å². The fraction of sp³-hybridized carbons (Fsp3) is 0.129. The molecule has 214 valence electrons. The monoisotopic (exact) mass is 677 g/mol. The van der Waals surface area contributed by atoms with Crippen LogP contribution in [0.3, 0.4) is 0 Å². The van der Waals surface area contributed by atoms with Gasteiger partial charge in [0, 0.05) is 38.6 Å². The van der Waals surface area contributed by atoms with Crippen LogP contribution in [0.5, 0.6) is 0 Å². The highest BCUT2D eigenvalue weighted by Crippen LogP contribution is 2.65. The number of carbonyl (C=O) groups excluding carboxylic acids is 2. The number of aryl methyl sites for hydroxylation is 1. The third kappa shape index (κ3) is 6.89. The molecule has 2 amide bonds. The molecule has 0 heterocycles. The van der Waals surface area contributed by atoms with Gasteiger partial charge in [0.15, 0.2) is 0 Å². The van der Waals surface area contributed by atoms with Crippen molar-refractivity contribution in [3.8, 4) is 0 Å². The summed E-state index contributed by atoms with van der Waals surface area (Å²) in [6, 6.07) is 22.3. The van der Waals surface area contributed by atoms with Gasteiger partial charge in [-0.15, -0.1) is 23.2 Å². The Balaban J connectivity index is 1.27. The van der Waals surface area contributed by atoms with Gasteiger partial charge < -0.3 is 10.6 Å². The minimum atomic E-state index is -1.34. The van der Waals surface area contributed by atoms with Crippen LogP contribution in [0.1, 0.15) is 33.0 Å². The summed E-state index contributed by atoms with van der Waals surface area (Å²) >= 11 is 37.5. The third-order valence-corrected chi connectivity index (χ3v) is 8.71. The molecular weight excluding hydrogens is 659 g/mol. The van der Waals surface area contributed by atoms with Crippen molar-refractivity contribution in [1.82, 2.24) is 0 Å². The lowest BCUT2D eigenvalue weighted by Gasteiger charge is -2.12. The summed E-state index contributed by atoms with van der Waals surface area (Å²) in [5.74, 6) is -2.13. The maximum absolute atomic E-state index is 13.2. The van der Waals surface area contributed by atoms with Crippen molar-refractivity contribution in [3.63, 3.8) is 0 Å². The first kappa shape index (κ1) is 30.7. The molecule has 0 spiro atoms. The molecule has 1 aliphatic carbocycles. The van der Waals surface area contributed by atoms with E-state index in [1.54, 1.807) is 54.7 Å². The van der Waals surface area contributed by atoms with E-state index in [9.17, 15) is 9.59 Å². The maximum Gasteiger partial charge on any atom is 0.257 e. The summed E-state index contributed by atoms with van der Waals surface area (Å²) in [7, 11) is 0. The fourth-order valence-electron chi connectivity index (χ4n) is 4.58. The molecule has 0 aromatic heterocycles. The third-order valence-electron chi connectivity index (χ3n) is 6.75. The van der Waals surface area contributed by atoms with Crippen LogP contribution in [-0.4, -0.2) is 22.4 Å². The van der Waals surface area contributed by atoms with Gasteiger partial charge >= 0.3 is 0 Å². The first-order valence-corrected chi connectivity index (χ1v) is 14.8. The molecule has 4 aromatic carbocycles. The molecule has 0 saturated heterocycles. The van der Waals surface area contributed by atoms with E-state index in [0.29, 0.717) is 32.0 Å². The van der Waals surface area contributed by atoms with Crippen LogP contribution in [0.4, 0.5) is 17.1 Å². The predicted octanol–water partition coefficient (Wildman–Crippen LogP) is 10.1. The summed E-state index contributed by atoms with van der Waals surface area (Å²) < 4.78 is -1.34. The van der Waals surface area contributed by atoms with Crippen LogP contribution in [-0.2, 0) is 4.79 Å². The van der Waals surface area contributed by atoms with E-state index in [1.807, 2.05) is 25.1 Å². The molecule has 0 aliphatic heterocycles. The number of alkyl halides is 2. The summed E-state index contributed by atoms with van der Waals surface area (Å²) in [5.41, 5.74) is 4.21. The molecular formula is C31H21Cl6N3O2. The van der Waals surface area contributed by atoms with Crippen LogP contribution in [0.25, 0.3) is 0 Å². The maximum atomic E-state index is 13.2. The van der Waals surface area contributed by atoms with Crippen molar-refractivity contribution in [1.29, 1.82) is 0 Å². The Morgan fingerprint density at radius 2 is 1.50 bits per heavy atom. The average Bonchev–Trinajstić information content (AvgIpc) is 3.52. The van der Waals surface area contributed by atoms with Crippen molar-refractivity contribution >= 4 is 105 Å². The van der Waals surface area contributed by atoms with Crippen LogP contribution in [0.15, 0.2) is 83.9 Å². The molecule has 5 rings (SSSR count). The SMILES string of the molecule is Cc1cc(N=Cc2ccc(Cl)cc2)ccc1NC(=O)c1cc(NC(=O)C2C(c3cc(Cl)cc(Cl)c3)C2(Cl)Cl)ccc1Cl. The molecule has 2 unspecified atom stereocenters.